The van der Waals surface area contributed by atoms with Crippen LogP contribution >= 0.6 is 11.8 Å². The third kappa shape index (κ3) is 6.58. The second-order valence-corrected chi connectivity index (χ2v) is 12.5. The lowest BCUT2D eigenvalue weighted by atomic mass is 9.82. The lowest BCUT2D eigenvalue weighted by molar-refractivity contribution is -0.140. The first-order chi connectivity index (χ1) is 21.5. The van der Waals surface area contributed by atoms with Gasteiger partial charge in [0, 0.05) is 23.4 Å². The van der Waals surface area contributed by atoms with Crippen molar-refractivity contribution in [1.82, 2.24) is 5.32 Å². The fraction of sp³-hybridized carbons (Fsp3) is 0.344. The molecule has 2 atom stereocenters. The molecule has 5 rings (SSSR count). The molecule has 0 bridgehead atoms. The van der Waals surface area contributed by atoms with Crippen LogP contribution in [0.25, 0.3) is 0 Å². The summed E-state index contributed by atoms with van der Waals surface area (Å²) in [5.41, 5.74) is -3.65. The van der Waals surface area contributed by atoms with Crippen LogP contribution in [-0.4, -0.2) is 30.0 Å². The van der Waals surface area contributed by atoms with E-state index in [4.69, 9.17) is 4.74 Å². The van der Waals surface area contributed by atoms with Crippen LogP contribution in [-0.2, 0) is 27.5 Å². The predicted molar refractivity (Wildman–Crippen MR) is 155 cm³/mol. The monoisotopic (exact) mass is 668 g/mol. The van der Waals surface area contributed by atoms with Crippen molar-refractivity contribution in [2.24, 2.45) is 0 Å². The lowest BCUT2D eigenvalue weighted by Gasteiger charge is -2.33. The highest BCUT2D eigenvalue weighted by molar-refractivity contribution is 8.01. The van der Waals surface area contributed by atoms with E-state index < -0.39 is 57.6 Å². The number of methoxy groups -OCH3 is 1. The Morgan fingerprint density at radius 1 is 0.935 bits per heavy atom. The van der Waals surface area contributed by atoms with Gasteiger partial charge in [-0.05, 0) is 79.3 Å². The molecule has 6 nitrogen and oxygen atoms in total. The highest BCUT2D eigenvalue weighted by atomic mass is 32.2. The number of hydrogen-bond acceptors (Lipinski definition) is 5. The normalized spacial score (nSPS) is 20.3. The van der Waals surface area contributed by atoms with Gasteiger partial charge in [-0.15, -0.1) is 11.8 Å². The predicted octanol–water partition coefficient (Wildman–Crippen LogP) is 7.86. The van der Waals surface area contributed by atoms with E-state index in [1.807, 2.05) is 0 Å². The first-order valence-corrected chi connectivity index (χ1v) is 15.0. The summed E-state index contributed by atoms with van der Waals surface area (Å²) in [6.07, 6.45) is -7.77. The van der Waals surface area contributed by atoms with Crippen molar-refractivity contribution < 1.29 is 49.9 Å². The van der Waals surface area contributed by atoms with E-state index in [9.17, 15) is 45.1 Å². The van der Waals surface area contributed by atoms with Crippen molar-refractivity contribution in [3.8, 4) is 5.75 Å². The van der Waals surface area contributed by atoms with E-state index in [2.05, 4.69) is 10.6 Å². The summed E-state index contributed by atoms with van der Waals surface area (Å²) in [5, 5.41) is 3.71. The number of benzene rings is 3. The number of ether oxygens (including phenoxy) is 1. The molecular formula is C32H27F7N2O4S. The van der Waals surface area contributed by atoms with Gasteiger partial charge >= 0.3 is 12.4 Å². The van der Waals surface area contributed by atoms with Crippen molar-refractivity contribution in [1.29, 1.82) is 0 Å². The number of alkyl halides is 6. The van der Waals surface area contributed by atoms with Crippen molar-refractivity contribution in [3.05, 3.63) is 88.2 Å². The minimum absolute atomic E-state index is 0.00474. The van der Waals surface area contributed by atoms with Gasteiger partial charge in [-0.3, -0.25) is 14.4 Å². The Kier molecular flexibility index (Phi) is 8.88. The Morgan fingerprint density at radius 3 is 2.26 bits per heavy atom. The summed E-state index contributed by atoms with van der Waals surface area (Å²) in [5.74, 6) is -2.88. The summed E-state index contributed by atoms with van der Waals surface area (Å²) in [7, 11) is 1.35. The maximum Gasteiger partial charge on any atom is 0.419 e. The molecule has 0 saturated heterocycles. The number of carbonyl (C=O) groups excluding carboxylic acids is 3. The van der Waals surface area contributed by atoms with Gasteiger partial charge in [-0.1, -0.05) is 12.1 Å². The van der Waals surface area contributed by atoms with Gasteiger partial charge < -0.3 is 15.4 Å². The third-order valence-corrected chi connectivity index (χ3v) is 9.78. The van der Waals surface area contributed by atoms with Crippen LogP contribution in [0.2, 0.25) is 0 Å². The zero-order valence-electron chi connectivity index (χ0n) is 24.4. The standard InChI is InChI=1S/C32H27F7N2O4S/c1-30(41-28(43)21-13-17(5-12-25(21)45-2)16-3-8-20(42)9-4-16)22-10-6-18(31(34,35)36)14-26(22)46-27(30)29(44)40-19-7-11-24(33)23(15-19)32(37,38)39/h5-7,10-16,27H,3-4,8-9H2,1-2H3,(H,40,44)(H,41,43). The number of carbonyl (C=O) groups is 3. The highest BCUT2D eigenvalue weighted by Crippen LogP contribution is 2.50. The molecule has 14 heteroatoms. The average Bonchev–Trinajstić information content (AvgIpc) is 3.28. The number of rotatable bonds is 6. The smallest absolute Gasteiger partial charge is 0.419 e. The Hall–Kier alpha value is -4.07. The van der Waals surface area contributed by atoms with Crippen LogP contribution in [0, 0.1) is 5.82 Å². The number of thioether (sulfide) groups is 1. The average molecular weight is 669 g/mol. The Balaban J connectivity index is 1.51. The number of halogens is 7. The van der Waals surface area contributed by atoms with Gasteiger partial charge in [-0.2, -0.15) is 26.3 Å². The van der Waals surface area contributed by atoms with E-state index in [0.29, 0.717) is 49.6 Å². The van der Waals surface area contributed by atoms with Crippen LogP contribution in [0.1, 0.15) is 71.1 Å². The fourth-order valence-electron chi connectivity index (χ4n) is 5.82. The zero-order chi connectivity index (χ0) is 33.6. The summed E-state index contributed by atoms with van der Waals surface area (Å²) < 4.78 is 99.9. The largest absolute Gasteiger partial charge is 0.496 e. The number of hydrogen-bond donors (Lipinski definition) is 2. The Morgan fingerprint density at radius 2 is 1.63 bits per heavy atom. The maximum atomic E-state index is 13.9. The second kappa shape index (κ2) is 12.3. The van der Waals surface area contributed by atoms with Crippen LogP contribution in [0.4, 0.5) is 36.4 Å². The summed E-state index contributed by atoms with van der Waals surface area (Å²) in [6.45, 7) is 1.43. The number of nitrogens with one attached hydrogen (secondary N) is 2. The molecule has 1 saturated carbocycles. The molecule has 1 fully saturated rings. The van der Waals surface area contributed by atoms with Gasteiger partial charge in [0.2, 0.25) is 5.91 Å². The minimum atomic E-state index is -5.06. The fourth-order valence-corrected chi connectivity index (χ4v) is 7.26. The molecule has 2 unspecified atom stereocenters. The molecular weight excluding hydrogens is 641 g/mol. The molecule has 2 N–H and O–H groups in total. The molecule has 0 aromatic heterocycles. The number of fused-ring (bicyclic) bond motifs is 1. The van der Waals surface area contributed by atoms with Crippen molar-refractivity contribution in [3.63, 3.8) is 0 Å². The first-order valence-electron chi connectivity index (χ1n) is 14.1. The van der Waals surface area contributed by atoms with Gasteiger partial charge in [0.25, 0.3) is 5.91 Å². The third-order valence-electron chi connectivity index (χ3n) is 8.27. The molecule has 1 aliphatic heterocycles. The molecule has 0 radical (unpaired) electrons. The van der Waals surface area contributed by atoms with E-state index in [1.54, 1.807) is 18.2 Å². The topological polar surface area (TPSA) is 84.5 Å². The minimum Gasteiger partial charge on any atom is -0.496 e. The van der Waals surface area contributed by atoms with Crippen LogP contribution in [0.15, 0.2) is 59.5 Å². The summed E-state index contributed by atoms with van der Waals surface area (Å²) in [4.78, 5) is 39.3. The first kappa shape index (κ1) is 33.3. The highest BCUT2D eigenvalue weighted by Gasteiger charge is 2.50. The molecule has 244 valence electrons. The van der Waals surface area contributed by atoms with Gasteiger partial charge in [0.1, 0.15) is 22.6 Å². The zero-order valence-corrected chi connectivity index (χ0v) is 25.2. The van der Waals surface area contributed by atoms with Crippen molar-refractivity contribution in [2.45, 2.75) is 66.6 Å². The molecule has 2 aliphatic rings. The quantitative estimate of drug-likeness (QED) is 0.262. The Labute approximate surface area is 263 Å². The molecule has 3 aromatic carbocycles. The van der Waals surface area contributed by atoms with E-state index in [1.165, 1.54) is 14.0 Å². The van der Waals surface area contributed by atoms with Gasteiger partial charge in [0.05, 0.1) is 29.3 Å². The van der Waals surface area contributed by atoms with E-state index >= 15 is 0 Å². The Bertz CT molecular complexity index is 1700. The SMILES string of the molecule is COc1ccc(C2CCC(=O)CC2)cc1C(=O)NC1(C)c2ccc(C(F)(F)F)cc2SC1C(=O)Nc1ccc(F)c(C(F)(F)F)c1. The van der Waals surface area contributed by atoms with Crippen molar-refractivity contribution >= 4 is 35.0 Å². The lowest BCUT2D eigenvalue weighted by Crippen LogP contribution is -2.52. The number of amides is 2. The van der Waals surface area contributed by atoms with Crippen LogP contribution in [0.5, 0.6) is 5.75 Å². The van der Waals surface area contributed by atoms with Crippen LogP contribution in [0.3, 0.4) is 0 Å². The number of anilines is 1. The second-order valence-electron chi connectivity index (χ2n) is 11.3. The van der Waals surface area contributed by atoms with Crippen molar-refractivity contribution in [2.75, 3.05) is 12.4 Å². The van der Waals surface area contributed by atoms with Gasteiger partial charge in [0.15, 0.2) is 0 Å². The summed E-state index contributed by atoms with van der Waals surface area (Å²) in [6, 6.07) is 9.64. The molecule has 3 aromatic rings. The van der Waals surface area contributed by atoms with Crippen LogP contribution < -0.4 is 15.4 Å². The molecule has 2 amide bonds. The number of ketones is 1. The molecule has 46 heavy (non-hydrogen) atoms. The van der Waals surface area contributed by atoms with Gasteiger partial charge in [-0.25, -0.2) is 4.39 Å². The molecule has 0 spiro atoms. The molecule has 1 heterocycles. The van der Waals surface area contributed by atoms with E-state index in [0.717, 1.165) is 29.8 Å². The maximum absolute atomic E-state index is 13.9. The van der Waals surface area contributed by atoms with E-state index in [-0.39, 0.29) is 33.5 Å². The number of Topliss-reactive ketones (excluding diaryl/α,β-unsaturated/α-hetero) is 1. The summed E-state index contributed by atoms with van der Waals surface area (Å²) >= 11 is 0.701. The molecule has 1 aliphatic carbocycles.